The van der Waals surface area contributed by atoms with Crippen LogP contribution in [0.1, 0.15) is 32.3 Å². The number of hydrogen-bond acceptors (Lipinski definition) is 2. The van der Waals surface area contributed by atoms with Crippen molar-refractivity contribution >= 4 is 5.91 Å². The molecule has 1 heterocycles. The van der Waals surface area contributed by atoms with Crippen LogP contribution in [-0.2, 0) is 4.79 Å². The van der Waals surface area contributed by atoms with Gasteiger partial charge < -0.3 is 9.64 Å². The summed E-state index contributed by atoms with van der Waals surface area (Å²) in [4.78, 5) is 14.2. The molecule has 0 saturated carbocycles. The molecule has 0 radical (unpaired) electrons. The molecule has 104 valence electrons. The first-order valence-corrected chi connectivity index (χ1v) is 7.08. The number of piperidine rings is 1. The van der Waals surface area contributed by atoms with Crippen molar-refractivity contribution in [2.24, 2.45) is 5.92 Å². The van der Waals surface area contributed by atoms with E-state index in [2.05, 4.69) is 6.92 Å². The summed E-state index contributed by atoms with van der Waals surface area (Å²) < 4.78 is 5.75. The fourth-order valence-electron chi connectivity index (χ4n) is 2.43. The SMILES string of the molecule is Cc1cccc(O[C@H](C)C(=O)N2CCC(C)CC2)c1. The van der Waals surface area contributed by atoms with Gasteiger partial charge in [0.05, 0.1) is 0 Å². The lowest BCUT2D eigenvalue weighted by Crippen LogP contribution is -2.44. The summed E-state index contributed by atoms with van der Waals surface area (Å²) in [6, 6.07) is 7.83. The van der Waals surface area contributed by atoms with Crippen LogP contribution in [0.3, 0.4) is 0 Å². The van der Waals surface area contributed by atoms with Gasteiger partial charge in [0.2, 0.25) is 0 Å². The number of hydrogen-bond donors (Lipinski definition) is 0. The summed E-state index contributed by atoms with van der Waals surface area (Å²) in [6.07, 6.45) is 1.79. The van der Waals surface area contributed by atoms with Gasteiger partial charge in [-0.15, -0.1) is 0 Å². The lowest BCUT2D eigenvalue weighted by Gasteiger charge is -2.32. The number of carbonyl (C=O) groups is 1. The third-order valence-corrected chi connectivity index (χ3v) is 3.75. The maximum atomic E-state index is 12.3. The number of rotatable bonds is 3. The van der Waals surface area contributed by atoms with Crippen LogP contribution in [0.25, 0.3) is 0 Å². The van der Waals surface area contributed by atoms with Crippen LogP contribution >= 0.6 is 0 Å². The molecule has 1 aliphatic rings. The Labute approximate surface area is 115 Å². The van der Waals surface area contributed by atoms with Gasteiger partial charge in [-0.25, -0.2) is 0 Å². The van der Waals surface area contributed by atoms with Crippen LogP contribution in [0.15, 0.2) is 24.3 Å². The average Bonchev–Trinajstić information content (AvgIpc) is 2.39. The van der Waals surface area contributed by atoms with E-state index in [0.717, 1.165) is 43.2 Å². The van der Waals surface area contributed by atoms with Gasteiger partial charge in [0.1, 0.15) is 5.75 Å². The molecular formula is C16H23NO2. The van der Waals surface area contributed by atoms with Gasteiger partial charge in [-0.3, -0.25) is 4.79 Å². The Bertz CT molecular complexity index is 436. The van der Waals surface area contributed by atoms with Crippen molar-refractivity contribution < 1.29 is 9.53 Å². The summed E-state index contributed by atoms with van der Waals surface area (Å²) in [6.45, 7) is 7.82. The normalized spacial score (nSPS) is 18.2. The molecule has 0 N–H and O–H groups in total. The van der Waals surface area contributed by atoms with Gasteiger partial charge in [-0.1, -0.05) is 19.1 Å². The number of ether oxygens (including phenoxy) is 1. The molecule has 1 aromatic carbocycles. The lowest BCUT2D eigenvalue weighted by atomic mass is 9.99. The molecule has 1 atom stereocenters. The molecule has 2 rings (SSSR count). The molecule has 1 fully saturated rings. The first kappa shape index (κ1) is 13.9. The van der Waals surface area contributed by atoms with Crippen LogP contribution in [0.4, 0.5) is 0 Å². The fourth-order valence-corrected chi connectivity index (χ4v) is 2.43. The fraction of sp³-hybridized carbons (Fsp3) is 0.562. The Morgan fingerprint density at radius 1 is 1.37 bits per heavy atom. The van der Waals surface area contributed by atoms with Crippen molar-refractivity contribution in [1.82, 2.24) is 4.90 Å². The Kier molecular flexibility index (Phi) is 4.46. The maximum Gasteiger partial charge on any atom is 0.263 e. The standard InChI is InChI=1S/C16H23NO2/c1-12-7-9-17(10-8-12)16(18)14(3)19-15-6-4-5-13(2)11-15/h4-6,11-12,14H,7-10H2,1-3H3/t14-/m1/s1. The van der Waals surface area contributed by atoms with Crippen molar-refractivity contribution in [2.75, 3.05) is 13.1 Å². The van der Waals surface area contributed by atoms with E-state index in [0.29, 0.717) is 0 Å². The second kappa shape index (κ2) is 6.09. The van der Waals surface area contributed by atoms with Crippen molar-refractivity contribution in [3.63, 3.8) is 0 Å². The summed E-state index contributed by atoms with van der Waals surface area (Å²) in [5.74, 6) is 1.61. The molecule has 0 aliphatic carbocycles. The molecule has 0 bridgehead atoms. The van der Waals surface area contributed by atoms with Gasteiger partial charge in [0.25, 0.3) is 5.91 Å². The minimum atomic E-state index is -0.407. The third kappa shape index (κ3) is 3.72. The summed E-state index contributed by atoms with van der Waals surface area (Å²) in [5, 5.41) is 0. The van der Waals surface area contributed by atoms with Crippen molar-refractivity contribution in [2.45, 2.75) is 39.7 Å². The van der Waals surface area contributed by atoms with Gasteiger partial charge in [-0.05, 0) is 50.3 Å². The highest BCUT2D eigenvalue weighted by Gasteiger charge is 2.25. The number of amides is 1. The monoisotopic (exact) mass is 261 g/mol. The topological polar surface area (TPSA) is 29.5 Å². The molecule has 0 unspecified atom stereocenters. The van der Waals surface area contributed by atoms with E-state index < -0.39 is 6.10 Å². The van der Waals surface area contributed by atoms with Gasteiger partial charge in [0.15, 0.2) is 6.10 Å². The zero-order chi connectivity index (χ0) is 13.8. The second-order valence-corrected chi connectivity index (χ2v) is 5.58. The Morgan fingerprint density at radius 2 is 2.05 bits per heavy atom. The van der Waals surface area contributed by atoms with E-state index in [1.54, 1.807) is 0 Å². The predicted molar refractivity (Wildman–Crippen MR) is 76.2 cm³/mol. The molecule has 0 spiro atoms. The van der Waals surface area contributed by atoms with Crippen molar-refractivity contribution in [3.05, 3.63) is 29.8 Å². The van der Waals surface area contributed by atoms with E-state index in [-0.39, 0.29) is 5.91 Å². The molecule has 0 aromatic heterocycles. The number of benzene rings is 1. The Morgan fingerprint density at radius 3 is 2.68 bits per heavy atom. The Hall–Kier alpha value is -1.51. The molecule has 1 aliphatic heterocycles. The highest BCUT2D eigenvalue weighted by atomic mass is 16.5. The van der Waals surface area contributed by atoms with Crippen LogP contribution in [0.5, 0.6) is 5.75 Å². The molecule has 1 amide bonds. The summed E-state index contributed by atoms with van der Waals surface area (Å²) in [7, 11) is 0. The maximum absolute atomic E-state index is 12.3. The van der Waals surface area contributed by atoms with Crippen molar-refractivity contribution in [3.8, 4) is 5.75 Å². The molecule has 1 aromatic rings. The summed E-state index contributed by atoms with van der Waals surface area (Å²) >= 11 is 0. The first-order chi connectivity index (χ1) is 9.06. The number of carbonyl (C=O) groups excluding carboxylic acids is 1. The highest BCUT2D eigenvalue weighted by molar-refractivity contribution is 5.81. The zero-order valence-electron chi connectivity index (χ0n) is 12.1. The van der Waals surface area contributed by atoms with E-state index in [1.165, 1.54) is 0 Å². The van der Waals surface area contributed by atoms with E-state index in [1.807, 2.05) is 43.0 Å². The van der Waals surface area contributed by atoms with E-state index in [4.69, 9.17) is 4.74 Å². The predicted octanol–water partition coefficient (Wildman–Crippen LogP) is 3.02. The zero-order valence-corrected chi connectivity index (χ0v) is 12.1. The first-order valence-electron chi connectivity index (χ1n) is 7.08. The number of nitrogens with zero attached hydrogens (tertiary/aromatic N) is 1. The van der Waals surface area contributed by atoms with E-state index >= 15 is 0 Å². The largest absolute Gasteiger partial charge is 0.481 e. The quantitative estimate of drug-likeness (QED) is 0.837. The molecule has 19 heavy (non-hydrogen) atoms. The van der Waals surface area contributed by atoms with Gasteiger partial charge >= 0.3 is 0 Å². The van der Waals surface area contributed by atoms with E-state index in [9.17, 15) is 4.79 Å². The summed E-state index contributed by atoms with van der Waals surface area (Å²) in [5.41, 5.74) is 1.14. The molecule has 3 nitrogen and oxygen atoms in total. The van der Waals surface area contributed by atoms with Crippen molar-refractivity contribution in [1.29, 1.82) is 0 Å². The van der Waals surface area contributed by atoms with Gasteiger partial charge in [-0.2, -0.15) is 0 Å². The lowest BCUT2D eigenvalue weighted by molar-refractivity contribution is -0.139. The minimum Gasteiger partial charge on any atom is -0.481 e. The smallest absolute Gasteiger partial charge is 0.263 e. The minimum absolute atomic E-state index is 0.105. The van der Waals surface area contributed by atoms with Crippen LogP contribution in [0.2, 0.25) is 0 Å². The number of aryl methyl sites for hydroxylation is 1. The number of likely N-dealkylation sites (tertiary alicyclic amines) is 1. The second-order valence-electron chi connectivity index (χ2n) is 5.58. The van der Waals surface area contributed by atoms with Crippen LogP contribution in [0, 0.1) is 12.8 Å². The highest BCUT2D eigenvalue weighted by Crippen LogP contribution is 2.19. The molecular weight excluding hydrogens is 238 g/mol. The van der Waals surface area contributed by atoms with Crippen LogP contribution in [-0.4, -0.2) is 30.0 Å². The molecule has 3 heteroatoms. The Balaban J connectivity index is 1.92. The van der Waals surface area contributed by atoms with Gasteiger partial charge in [0, 0.05) is 13.1 Å². The average molecular weight is 261 g/mol. The third-order valence-electron chi connectivity index (χ3n) is 3.75. The molecule has 1 saturated heterocycles. The van der Waals surface area contributed by atoms with Crippen LogP contribution < -0.4 is 4.74 Å².